The molecule has 104 valence electrons. The molecule has 4 heteroatoms. The maximum Gasteiger partial charge on any atom is 0.239 e. The van der Waals surface area contributed by atoms with Crippen molar-refractivity contribution in [1.29, 1.82) is 0 Å². The van der Waals surface area contributed by atoms with Gasteiger partial charge in [-0.2, -0.15) is 0 Å². The highest BCUT2D eigenvalue weighted by Crippen LogP contribution is 2.13. The predicted molar refractivity (Wildman–Crippen MR) is 76.9 cm³/mol. The van der Waals surface area contributed by atoms with E-state index in [0.29, 0.717) is 19.6 Å². The number of hydrogen-bond donors (Lipinski definition) is 1. The third-order valence-corrected chi connectivity index (χ3v) is 2.84. The van der Waals surface area contributed by atoms with E-state index in [4.69, 9.17) is 10.5 Å². The van der Waals surface area contributed by atoms with Crippen molar-refractivity contribution < 1.29 is 9.53 Å². The van der Waals surface area contributed by atoms with Gasteiger partial charge in [0.05, 0.1) is 6.04 Å². The van der Waals surface area contributed by atoms with Crippen LogP contribution in [0.5, 0.6) is 5.75 Å². The molecule has 0 aliphatic rings. The fourth-order valence-electron chi connectivity index (χ4n) is 1.66. The topological polar surface area (TPSA) is 55.6 Å². The van der Waals surface area contributed by atoms with E-state index in [-0.39, 0.29) is 5.91 Å². The minimum Gasteiger partial charge on any atom is -0.490 e. The molecule has 0 aliphatic carbocycles. The smallest absolute Gasteiger partial charge is 0.239 e. The van der Waals surface area contributed by atoms with Crippen LogP contribution in [0, 0.1) is 0 Å². The molecule has 0 heterocycles. The van der Waals surface area contributed by atoms with Crippen LogP contribution in [0.25, 0.3) is 0 Å². The highest BCUT2D eigenvalue weighted by Gasteiger charge is 2.15. The lowest BCUT2D eigenvalue weighted by Gasteiger charge is -2.20. The summed E-state index contributed by atoms with van der Waals surface area (Å²) in [6.07, 6.45) is 2.35. The second kappa shape index (κ2) is 7.59. The van der Waals surface area contributed by atoms with Crippen LogP contribution in [-0.2, 0) is 11.3 Å². The van der Waals surface area contributed by atoms with Gasteiger partial charge in [0.1, 0.15) is 12.4 Å². The van der Waals surface area contributed by atoms with Crippen LogP contribution in [0.4, 0.5) is 0 Å². The van der Waals surface area contributed by atoms with E-state index in [0.717, 1.165) is 11.3 Å². The van der Waals surface area contributed by atoms with E-state index in [1.54, 1.807) is 18.0 Å². The van der Waals surface area contributed by atoms with Gasteiger partial charge >= 0.3 is 0 Å². The fraction of sp³-hybridized carbons (Fsp3) is 0.400. The van der Waals surface area contributed by atoms with Crippen molar-refractivity contribution in [3.05, 3.63) is 42.5 Å². The van der Waals surface area contributed by atoms with Crippen molar-refractivity contribution in [3.63, 3.8) is 0 Å². The molecule has 19 heavy (non-hydrogen) atoms. The van der Waals surface area contributed by atoms with Crippen LogP contribution in [0.15, 0.2) is 36.9 Å². The Morgan fingerprint density at radius 1 is 1.47 bits per heavy atom. The second-order valence-electron chi connectivity index (χ2n) is 4.45. The van der Waals surface area contributed by atoms with Gasteiger partial charge in [-0.15, -0.1) is 0 Å². The molecular weight excluding hydrogens is 240 g/mol. The molecule has 1 aromatic rings. The Kier molecular flexibility index (Phi) is 6.09. The number of amides is 1. The van der Waals surface area contributed by atoms with Crippen molar-refractivity contribution in [3.8, 4) is 5.75 Å². The quantitative estimate of drug-likeness (QED) is 0.764. The first kappa shape index (κ1) is 15.2. The van der Waals surface area contributed by atoms with Crippen LogP contribution in [0.2, 0.25) is 0 Å². The van der Waals surface area contributed by atoms with Gasteiger partial charge < -0.3 is 15.4 Å². The molecule has 1 amide bonds. The summed E-state index contributed by atoms with van der Waals surface area (Å²) in [6, 6.07) is 7.24. The molecule has 2 N–H and O–H groups in total. The normalized spacial score (nSPS) is 11.7. The molecule has 0 bridgehead atoms. The first-order chi connectivity index (χ1) is 9.08. The average molecular weight is 262 g/mol. The highest BCUT2D eigenvalue weighted by molar-refractivity contribution is 5.81. The molecule has 1 atom stereocenters. The van der Waals surface area contributed by atoms with Gasteiger partial charge in [-0.25, -0.2) is 0 Å². The predicted octanol–water partition coefficient (Wildman–Crippen LogP) is 1.95. The van der Waals surface area contributed by atoms with E-state index in [1.807, 2.05) is 31.2 Å². The molecule has 0 aliphatic heterocycles. The van der Waals surface area contributed by atoms with Crippen LogP contribution >= 0.6 is 0 Å². The molecule has 0 fully saturated rings. The summed E-state index contributed by atoms with van der Waals surface area (Å²) in [4.78, 5) is 13.5. The molecular formula is C15H22N2O2. The number of ether oxygens (including phenoxy) is 1. The molecule has 0 spiro atoms. The maximum atomic E-state index is 11.9. The zero-order chi connectivity index (χ0) is 14.3. The summed E-state index contributed by atoms with van der Waals surface area (Å²) < 4.78 is 5.40. The molecule has 0 aromatic heterocycles. The Morgan fingerprint density at radius 2 is 2.11 bits per heavy atom. The van der Waals surface area contributed by atoms with Gasteiger partial charge in [-0.05, 0) is 24.1 Å². The Bertz CT molecular complexity index is 415. The summed E-state index contributed by atoms with van der Waals surface area (Å²) >= 11 is 0. The molecule has 0 radical (unpaired) electrons. The van der Waals surface area contributed by atoms with Crippen molar-refractivity contribution in [2.45, 2.75) is 25.9 Å². The summed E-state index contributed by atoms with van der Waals surface area (Å²) in [6.45, 7) is 6.54. The Hall–Kier alpha value is -1.81. The SMILES string of the molecule is C=CCOc1ccc(CN(C)C(=O)C(N)CC)cc1. The van der Waals surface area contributed by atoms with Crippen LogP contribution in [0.1, 0.15) is 18.9 Å². The fourth-order valence-corrected chi connectivity index (χ4v) is 1.66. The first-order valence-electron chi connectivity index (χ1n) is 6.41. The van der Waals surface area contributed by atoms with E-state index in [9.17, 15) is 4.79 Å². The standard InChI is InChI=1S/C15H22N2O2/c1-4-10-19-13-8-6-12(7-9-13)11-17(3)15(18)14(16)5-2/h4,6-9,14H,1,5,10-11,16H2,2-3H3. The third kappa shape index (κ3) is 4.75. The van der Waals surface area contributed by atoms with Gasteiger partial charge in [0.25, 0.3) is 0 Å². The largest absolute Gasteiger partial charge is 0.490 e. The lowest BCUT2D eigenvalue weighted by Crippen LogP contribution is -2.40. The van der Waals surface area contributed by atoms with E-state index >= 15 is 0 Å². The second-order valence-corrected chi connectivity index (χ2v) is 4.45. The highest BCUT2D eigenvalue weighted by atomic mass is 16.5. The molecule has 1 unspecified atom stereocenters. The number of hydrogen-bond acceptors (Lipinski definition) is 3. The molecule has 4 nitrogen and oxygen atoms in total. The van der Waals surface area contributed by atoms with Crippen molar-refractivity contribution >= 4 is 5.91 Å². The van der Waals surface area contributed by atoms with Gasteiger partial charge in [-0.3, -0.25) is 4.79 Å². The van der Waals surface area contributed by atoms with Crippen LogP contribution < -0.4 is 10.5 Å². The van der Waals surface area contributed by atoms with Gasteiger partial charge in [0.2, 0.25) is 5.91 Å². The van der Waals surface area contributed by atoms with Gasteiger partial charge in [0.15, 0.2) is 0 Å². The number of nitrogens with two attached hydrogens (primary N) is 1. The number of carbonyl (C=O) groups excluding carboxylic acids is 1. The Labute approximate surface area is 114 Å². The Balaban J connectivity index is 2.57. The lowest BCUT2D eigenvalue weighted by molar-refractivity contribution is -0.131. The summed E-state index contributed by atoms with van der Waals surface area (Å²) in [7, 11) is 1.76. The summed E-state index contributed by atoms with van der Waals surface area (Å²) in [5.74, 6) is 0.761. The van der Waals surface area contributed by atoms with Crippen molar-refractivity contribution in [2.75, 3.05) is 13.7 Å². The van der Waals surface area contributed by atoms with Gasteiger partial charge in [0, 0.05) is 13.6 Å². The number of carbonyl (C=O) groups is 1. The van der Waals surface area contributed by atoms with Crippen molar-refractivity contribution in [1.82, 2.24) is 4.90 Å². The van der Waals surface area contributed by atoms with E-state index in [2.05, 4.69) is 6.58 Å². The minimum absolute atomic E-state index is 0.0329. The lowest BCUT2D eigenvalue weighted by atomic mass is 10.1. The Morgan fingerprint density at radius 3 is 2.63 bits per heavy atom. The maximum absolute atomic E-state index is 11.9. The molecule has 1 rings (SSSR count). The molecule has 1 aromatic carbocycles. The summed E-state index contributed by atoms with van der Waals surface area (Å²) in [5, 5.41) is 0. The first-order valence-corrected chi connectivity index (χ1v) is 6.41. The monoisotopic (exact) mass is 262 g/mol. The zero-order valence-electron chi connectivity index (χ0n) is 11.6. The summed E-state index contributed by atoms with van der Waals surface area (Å²) in [5.41, 5.74) is 6.78. The third-order valence-electron chi connectivity index (χ3n) is 2.84. The van der Waals surface area contributed by atoms with Crippen LogP contribution in [-0.4, -0.2) is 30.5 Å². The number of benzene rings is 1. The van der Waals surface area contributed by atoms with Crippen LogP contribution in [0.3, 0.4) is 0 Å². The van der Waals surface area contributed by atoms with Gasteiger partial charge in [-0.1, -0.05) is 31.7 Å². The average Bonchev–Trinajstić information content (AvgIpc) is 2.44. The number of rotatable bonds is 7. The molecule has 0 saturated heterocycles. The number of nitrogens with zero attached hydrogens (tertiary/aromatic N) is 1. The minimum atomic E-state index is -0.416. The van der Waals surface area contributed by atoms with E-state index < -0.39 is 6.04 Å². The molecule has 0 saturated carbocycles. The van der Waals surface area contributed by atoms with Crippen molar-refractivity contribution in [2.24, 2.45) is 5.73 Å². The van der Waals surface area contributed by atoms with E-state index in [1.165, 1.54) is 0 Å². The zero-order valence-corrected chi connectivity index (χ0v) is 11.6. The number of likely N-dealkylation sites (N-methyl/N-ethyl adjacent to an activating group) is 1.